The number of ether oxygens (including phenoxy) is 2. The minimum Gasteiger partial charge on any atom is -0.497 e. The second-order valence-electron chi connectivity index (χ2n) is 5.81. The fourth-order valence-corrected chi connectivity index (χ4v) is 2.68. The average Bonchev–Trinajstić information content (AvgIpc) is 2.54. The molecule has 0 atom stereocenters. The Labute approximate surface area is 128 Å². The van der Waals surface area contributed by atoms with Crippen molar-refractivity contribution in [2.45, 2.75) is 19.3 Å². The van der Waals surface area contributed by atoms with Gasteiger partial charge in [-0.1, -0.05) is 0 Å². The van der Waals surface area contributed by atoms with Crippen LogP contribution in [0.15, 0.2) is 24.3 Å². The molecule has 0 bridgehead atoms. The summed E-state index contributed by atoms with van der Waals surface area (Å²) in [7, 11) is 3.85. The number of piperidine rings is 1. The highest BCUT2D eigenvalue weighted by atomic mass is 16.5. The van der Waals surface area contributed by atoms with Crippen molar-refractivity contribution < 1.29 is 9.47 Å². The van der Waals surface area contributed by atoms with Gasteiger partial charge in [0.1, 0.15) is 18.1 Å². The van der Waals surface area contributed by atoms with Crippen LogP contribution in [0, 0.1) is 5.92 Å². The number of hydrogen-bond acceptors (Lipinski definition) is 4. The highest BCUT2D eigenvalue weighted by Crippen LogP contribution is 2.17. The predicted octanol–water partition coefficient (Wildman–Crippen LogP) is 2.40. The lowest BCUT2D eigenvalue weighted by Gasteiger charge is -2.25. The van der Waals surface area contributed by atoms with E-state index >= 15 is 0 Å². The lowest BCUT2D eigenvalue weighted by atomic mass is 9.94. The van der Waals surface area contributed by atoms with E-state index in [0.717, 1.165) is 37.1 Å². The monoisotopic (exact) mass is 292 g/mol. The summed E-state index contributed by atoms with van der Waals surface area (Å²) in [6.45, 7) is 5.24. The summed E-state index contributed by atoms with van der Waals surface area (Å²) in [5.41, 5.74) is 0. The first kappa shape index (κ1) is 16.1. The molecule has 0 spiro atoms. The second-order valence-corrected chi connectivity index (χ2v) is 5.81. The molecule has 4 heteroatoms. The van der Waals surface area contributed by atoms with Crippen molar-refractivity contribution in [1.29, 1.82) is 0 Å². The summed E-state index contributed by atoms with van der Waals surface area (Å²) in [5, 5.41) is 3.42. The van der Waals surface area contributed by atoms with Crippen molar-refractivity contribution in [3.05, 3.63) is 24.3 Å². The van der Waals surface area contributed by atoms with E-state index in [1.54, 1.807) is 7.11 Å². The third-order valence-electron chi connectivity index (χ3n) is 4.18. The minimum absolute atomic E-state index is 0.731. The molecule has 118 valence electrons. The van der Waals surface area contributed by atoms with Gasteiger partial charge in [0.05, 0.1) is 7.11 Å². The van der Waals surface area contributed by atoms with Gasteiger partial charge in [-0.15, -0.1) is 0 Å². The Morgan fingerprint density at radius 1 is 1.10 bits per heavy atom. The first-order valence-electron chi connectivity index (χ1n) is 7.94. The van der Waals surface area contributed by atoms with Gasteiger partial charge < -0.3 is 19.7 Å². The van der Waals surface area contributed by atoms with Gasteiger partial charge in [0, 0.05) is 6.54 Å². The summed E-state index contributed by atoms with van der Waals surface area (Å²) < 4.78 is 10.9. The first-order chi connectivity index (χ1) is 10.3. The van der Waals surface area contributed by atoms with E-state index in [2.05, 4.69) is 17.3 Å². The molecule has 2 rings (SSSR count). The van der Waals surface area contributed by atoms with Gasteiger partial charge in [-0.25, -0.2) is 0 Å². The van der Waals surface area contributed by atoms with E-state index in [1.165, 1.54) is 32.4 Å². The van der Waals surface area contributed by atoms with Crippen molar-refractivity contribution >= 4 is 0 Å². The highest BCUT2D eigenvalue weighted by molar-refractivity contribution is 5.31. The molecule has 0 aromatic heterocycles. The molecule has 21 heavy (non-hydrogen) atoms. The molecule has 1 aliphatic heterocycles. The summed E-state index contributed by atoms with van der Waals surface area (Å²) >= 11 is 0. The topological polar surface area (TPSA) is 33.7 Å². The van der Waals surface area contributed by atoms with Crippen LogP contribution in [0.1, 0.15) is 19.3 Å². The molecule has 1 aromatic carbocycles. The maximum atomic E-state index is 5.76. The van der Waals surface area contributed by atoms with Crippen LogP contribution in [0.3, 0.4) is 0 Å². The zero-order valence-corrected chi connectivity index (χ0v) is 13.3. The number of hydrogen-bond donors (Lipinski definition) is 1. The molecule has 0 amide bonds. The third-order valence-corrected chi connectivity index (χ3v) is 4.18. The number of nitrogens with zero attached hydrogens (tertiary/aromatic N) is 1. The normalized spacial score (nSPS) is 16.1. The van der Waals surface area contributed by atoms with E-state index in [0.29, 0.717) is 0 Å². The molecule has 0 aliphatic carbocycles. The molecule has 1 heterocycles. The fourth-order valence-electron chi connectivity index (χ4n) is 2.68. The Hall–Kier alpha value is -1.26. The second kappa shape index (κ2) is 8.90. The van der Waals surface area contributed by atoms with Gasteiger partial charge in [0.25, 0.3) is 0 Å². The van der Waals surface area contributed by atoms with Gasteiger partial charge in [-0.3, -0.25) is 0 Å². The molecule has 1 N–H and O–H groups in total. The van der Waals surface area contributed by atoms with Crippen molar-refractivity contribution in [1.82, 2.24) is 10.2 Å². The molecule has 4 nitrogen and oxygen atoms in total. The van der Waals surface area contributed by atoms with Crippen LogP contribution in [0.2, 0.25) is 0 Å². The van der Waals surface area contributed by atoms with Gasteiger partial charge in [-0.2, -0.15) is 0 Å². The average molecular weight is 292 g/mol. The van der Waals surface area contributed by atoms with Gasteiger partial charge >= 0.3 is 0 Å². The fraction of sp³-hybridized carbons (Fsp3) is 0.647. The maximum absolute atomic E-state index is 5.76. The Kier molecular flexibility index (Phi) is 6.83. The molecule has 1 aliphatic rings. The molecule has 0 radical (unpaired) electrons. The van der Waals surface area contributed by atoms with Crippen molar-refractivity contribution in [2.75, 3.05) is 46.9 Å². The standard InChI is InChI=1S/C17H28N2O2/c1-19(12-9-15-7-10-18-11-8-15)13-14-21-17-5-3-16(20-2)4-6-17/h3-6,15,18H,7-14H2,1-2H3. The SMILES string of the molecule is COc1ccc(OCCN(C)CCC2CCNCC2)cc1. The van der Waals surface area contributed by atoms with Crippen molar-refractivity contribution in [3.8, 4) is 11.5 Å². The van der Waals surface area contributed by atoms with Gasteiger partial charge in [0.15, 0.2) is 0 Å². The molecule has 0 unspecified atom stereocenters. The maximum Gasteiger partial charge on any atom is 0.119 e. The Balaban J connectivity index is 1.58. The van der Waals surface area contributed by atoms with Crippen LogP contribution in [0.25, 0.3) is 0 Å². The summed E-state index contributed by atoms with van der Waals surface area (Å²) in [5.74, 6) is 2.67. The van der Waals surface area contributed by atoms with E-state index in [-0.39, 0.29) is 0 Å². The number of nitrogens with one attached hydrogen (secondary N) is 1. The highest BCUT2D eigenvalue weighted by Gasteiger charge is 2.13. The van der Waals surface area contributed by atoms with E-state index in [9.17, 15) is 0 Å². The predicted molar refractivity (Wildman–Crippen MR) is 86.2 cm³/mol. The molecular weight excluding hydrogens is 264 g/mol. The lowest BCUT2D eigenvalue weighted by molar-refractivity contribution is 0.219. The minimum atomic E-state index is 0.731. The van der Waals surface area contributed by atoms with E-state index < -0.39 is 0 Å². The largest absolute Gasteiger partial charge is 0.497 e. The zero-order valence-electron chi connectivity index (χ0n) is 13.3. The van der Waals surface area contributed by atoms with Crippen LogP contribution >= 0.6 is 0 Å². The van der Waals surface area contributed by atoms with Crippen LogP contribution in [0.4, 0.5) is 0 Å². The van der Waals surface area contributed by atoms with Crippen LogP contribution in [-0.2, 0) is 0 Å². The van der Waals surface area contributed by atoms with Crippen LogP contribution in [-0.4, -0.2) is 51.8 Å². The quantitative estimate of drug-likeness (QED) is 0.798. The third kappa shape index (κ3) is 5.94. The molecule has 1 saturated heterocycles. The molecule has 1 fully saturated rings. The van der Waals surface area contributed by atoms with Gasteiger partial charge in [-0.05, 0) is 76.1 Å². The zero-order chi connectivity index (χ0) is 14.9. The van der Waals surface area contributed by atoms with Gasteiger partial charge in [0.2, 0.25) is 0 Å². The Morgan fingerprint density at radius 2 is 1.76 bits per heavy atom. The Morgan fingerprint density at radius 3 is 2.43 bits per heavy atom. The van der Waals surface area contributed by atoms with Crippen LogP contribution < -0.4 is 14.8 Å². The first-order valence-corrected chi connectivity index (χ1v) is 7.94. The lowest BCUT2D eigenvalue weighted by Crippen LogP contribution is -2.31. The molecule has 0 saturated carbocycles. The Bertz CT molecular complexity index is 388. The van der Waals surface area contributed by atoms with Crippen molar-refractivity contribution in [3.63, 3.8) is 0 Å². The molecule has 1 aromatic rings. The van der Waals surface area contributed by atoms with E-state index in [4.69, 9.17) is 9.47 Å². The summed E-state index contributed by atoms with van der Waals surface area (Å²) in [6.07, 6.45) is 3.97. The number of benzene rings is 1. The smallest absolute Gasteiger partial charge is 0.119 e. The number of methoxy groups -OCH3 is 1. The number of likely N-dealkylation sites (N-methyl/N-ethyl adjacent to an activating group) is 1. The number of rotatable bonds is 8. The summed E-state index contributed by atoms with van der Waals surface area (Å²) in [6, 6.07) is 7.76. The van der Waals surface area contributed by atoms with Crippen LogP contribution in [0.5, 0.6) is 11.5 Å². The molecular formula is C17H28N2O2. The van der Waals surface area contributed by atoms with Crippen molar-refractivity contribution in [2.24, 2.45) is 5.92 Å². The van der Waals surface area contributed by atoms with E-state index in [1.807, 2.05) is 24.3 Å². The summed E-state index contributed by atoms with van der Waals surface area (Å²) in [4.78, 5) is 2.37.